The number of piperazine rings is 1. The van der Waals surface area contributed by atoms with Gasteiger partial charge in [0.15, 0.2) is 0 Å². The van der Waals surface area contributed by atoms with E-state index < -0.39 is 6.04 Å². The largest absolute Gasteiger partial charge is 0.494 e. The van der Waals surface area contributed by atoms with E-state index in [2.05, 4.69) is 10.6 Å². The van der Waals surface area contributed by atoms with Gasteiger partial charge in [0.05, 0.1) is 19.1 Å². The molecule has 150 valence electrons. The van der Waals surface area contributed by atoms with E-state index in [1.807, 2.05) is 49.9 Å². The van der Waals surface area contributed by atoms with Crippen molar-refractivity contribution in [2.75, 3.05) is 32.8 Å². The summed E-state index contributed by atoms with van der Waals surface area (Å²) in [5, 5.41) is 15.0. The van der Waals surface area contributed by atoms with Crippen molar-refractivity contribution in [1.82, 2.24) is 15.5 Å². The maximum Gasteiger partial charge on any atom is 0.237 e. The molecule has 0 saturated carbocycles. The molecule has 2 amide bonds. The first-order valence-corrected chi connectivity index (χ1v) is 9.46. The van der Waals surface area contributed by atoms with E-state index in [9.17, 15) is 14.7 Å². The first-order chi connectivity index (χ1) is 12.9. The lowest BCUT2D eigenvalue weighted by Gasteiger charge is -2.35. The molecule has 1 unspecified atom stereocenters. The summed E-state index contributed by atoms with van der Waals surface area (Å²) in [6, 6.07) is 7.25. The van der Waals surface area contributed by atoms with Crippen molar-refractivity contribution in [3.05, 3.63) is 29.8 Å². The summed E-state index contributed by atoms with van der Waals surface area (Å²) in [6.45, 7) is 8.38. The van der Waals surface area contributed by atoms with Crippen molar-refractivity contribution >= 4 is 11.8 Å². The Kier molecular flexibility index (Phi) is 7.62. The Morgan fingerprint density at radius 2 is 2.15 bits per heavy atom. The van der Waals surface area contributed by atoms with E-state index in [1.165, 1.54) is 0 Å². The molecule has 0 aliphatic carbocycles. The Bertz CT molecular complexity index is 648. The van der Waals surface area contributed by atoms with Gasteiger partial charge in [0.25, 0.3) is 0 Å². The van der Waals surface area contributed by atoms with Crippen LogP contribution < -0.4 is 15.4 Å². The zero-order chi connectivity index (χ0) is 19.9. The van der Waals surface area contributed by atoms with Gasteiger partial charge in [0, 0.05) is 43.8 Å². The molecule has 1 aromatic carbocycles. The van der Waals surface area contributed by atoms with E-state index in [0.717, 1.165) is 11.3 Å². The smallest absolute Gasteiger partial charge is 0.237 e. The molecule has 1 heterocycles. The summed E-state index contributed by atoms with van der Waals surface area (Å²) in [4.78, 5) is 26.8. The summed E-state index contributed by atoms with van der Waals surface area (Å²) in [5.41, 5.74) is 0.613. The third-order valence-electron chi connectivity index (χ3n) is 4.66. The quantitative estimate of drug-likeness (QED) is 0.595. The van der Waals surface area contributed by atoms with Gasteiger partial charge in [0.1, 0.15) is 5.75 Å². The Balaban J connectivity index is 2.04. The average molecular weight is 377 g/mol. The Hall–Kier alpha value is -2.12. The molecule has 0 bridgehead atoms. The fourth-order valence-electron chi connectivity index (χ4n) is 2.96. The molecule has 1 atom stereocenters. The minimum Gasteiger partial charge on any atom is -0.494 e. The molecule has 1 saturated heterocycles. The second-order valence-corrected chi connectivity index (χ2v) is 7.62. The van der Waals surface area contributed by atoms with Crippen LogP contribution in [0, 0.1) is 5.41 Å². The van der Waals surface area contributed by atoms with Gasteiger partial charge in [-0.25, -0.2) is 0 Å². The molecule has 0 aromatic heterocycles. The number of hydrogen-bond acceptors (Lipinski definition) is 5. The Morgan fingerprint density at radius 3 is 2.85 bits per heavy atom. The molecule has 0 radical (unpaired) electrons. The van der Waals surface area contributed by atoms with Crippen LogP contribution in [0.4, 0.5) is 0 Å². The van der Waals surface area contributed by atoms with Crippen molar-refractivity contribution < 1.29 is 19.4 Å². The molecule has 0 spiro atoms. The number of nitrogens with one attached hydrogen (secondary N) is 2. The van der Waals surface area contributed by atoms with Crippen LogP contribution in [0.1, 0.15) is 32.8 Å². The highest BCUT2D eigenvalue weighted by Crippen LogP contribution is 2.22. The van der Waals surface area contributed by atoms with Crippen LogP contribution in [0.2, 0.25) is 0 Å². The van der Waals surface area contributed by atoms with Crippen molar-refractivity contribution in [1.29, 1.82) is 0 Å². The fraction of sp³-hybridized carbons (Fsp3) is 0.600. The van der Waals surface area contributed by atoms with Gasteiger partial charge in [0.2, 0.25) is 11.8 Å². The number of ether oxygens (including phenoxy) is 1. The van der Waals surface area contributed by atoms with E-state index in [0.29, 0.717) is 32.8 Å². The van der Waals surface area contributed by atoms with Gasteiger partial charge < -0.3 is 20.5 Å². The van der Waals surface area contributed by atoms with Crippen molar-refractivity contribution in [2.24, 2.45) is 5.41 Å². The Labute approximate surface area is 161 Å². The lowest BCUT2D eigenvalue weighted by atomic mass is 9.95. The zero-order valence-electron chi connectivity index (χ0n) is 16.5. The molecular weight excluding hydrogens is 346 g/mol. The number of aliphatic hydroxyl groups excluding tert-OH is 1. The van der Waals surface area contributed by atoms with Crippen LogP contribution in [0.25, 0.3) is 0 Å². The van der Waals surface area contributed by atoms with E-state index >= 15 is 0 Å². The molecule has 2 rings (SSSR count). The van der Waals surface area contributed by atoms with Gasteiger partial charge in [-0.2, -0.15) is 0 Å². The molecule has 1 aromatic rings. The fourth-order valence-corrected chi connectivity index (χ4v) is 2.96. The first kappa shape index (κ1) is 21.2. The minimum atomic E-state index is -0.523. The molecule has 3 N–H and O–H groups in total. The summed E-state index contributed by atoms with van der Waals surface area (Å²) < 4.78 is 5.68. The molecule has 27 heavy (non-hydrogen) atoms. The van der Waals surface area contributed by atoms with Gasteiger partial charge in [-0.05, 0) is 13.0 Å². The van der Waals surface area contributed by atoms with Gasteiger partial charge >= 0.3 is 0 Å². The van der Waals surface area contributed by atoms with E-state index in [4.69, 9.17) is 4.74 Å². The normalized spacial score (nSPS) is 18.1. The van der Waals surface area contributed by atoms with Gasteiger partial charge in [-0.3, -0.25) is 14.5 Å². The topological polar surface area (TPSA) is 90.9 Å². The van der Waals surface area contributed by atoms with Crippen LogP contribution in [0.3, 0.4) is 0 Å². The predicted molar refractivity (Wildman–Crippen MR) is 103 cm³/mol. The molecular formula is C20H31N3O4. The third kappa shape index (κ3) is 6.22. The van der Waals surface area contributed by atoms with Crippen LogP contribution >= 0.6 is 0 Å². The number of aliphatic hydroxyl groups is 1. The molecule has 1 aliphatic rings. The number of amides is 2. The van der Waals surface area contributed by atoms with Gasteiger partial charge in [-0.15, -0.1) is 0 Å². The number of carbonyl (C=O) groups is 2. The average Bonchev–Trinajstić information content (AvgIpc) is 2.65. The number of benzene rings is 1. The standard InChI is InChI=1S/C20H31N3O4/c1-4-27-17-8-6-5-7-15(17)12-23-10-9-21-19(26)16(23)11-18(25)22-13-20(2,3)14-24/h5-8,16,24H,4,9-14H2,1-3H3,(H,21,26)(H,22,25). The highest BCUT2D eigenvalue weighted by atomic mass is 16.5. The monoisotopic (exact) mass is 377 g/mol. The maximum absolute atomic E-state index is 12.4. The van der Waals surface area contributed by atoms with Crippen LogP contribution in [0.5, 0.6) is 5.75 Å². The summed E-state index contributed by atoms with van der Waals surface area (Å²) in [6.07, 6.45) is 0.0874. The van der Waals surface area contributed by atoms with Crippen molar-refractivity contribution in [2.45, 2.75) is 39.8 Å². The zero-order valence-corrected chi connectivity index (χ0v) is 16.5. The maximum atomic E-state index is 12.4. The van der Waals surface area contributed by atoms with Crippen LogP contribution in [-0.2, 0) is 16.1 Å². The SMILES string of the molecule is CCOc1ccccc1CN1CCNC(=O)C1CC(=O)NCC(C)(C)CO. The number of rotatable bonds is 9. The number of nitrogens with zero attached hydrogens (tertiary/aromatic N) is 1. The first-order valence-electron chi connectivity index (χ1n) is 9.46. The highest BCUT2D eigenvalue weighted by Gasteiger charge is 2.32. The second-order valence-electron chi connectivity index (χ2n) is 7.62. The lowest BCUT2D eigenvalue weighted by Crippen LogP contribution is -2.56. The lowest BCUT2D eigenvalue weighted by molar-refractivity contribution is -0.134. The summed E-state index contributed by atoms with van der Waals surface area (Å²) in [5.74, 6) is 0.479. The number of carbonyl (C=O) groups excluding carboxylic acids is 2. The molecule has 1 aliphatic heterocycles. The highest BCUT2D eigenvalue weighted by molar-refractivity contribution is 5.88. The predicted octanol–water partition coefficient (Wildman–Crippen LogP) is 0.911. The Morgan fingerprint density at radius 1 is 1.41 bits per heavy atom. The third-order valence-corrected chi connectivity index (χ3v) is 4.66. The van der Waals surface area contributed by atoms with Gasteiger partial charge in [-0.1, -0.05) is 32.0 Å². The molecule has 7 heteroatoms. The summed E-state index contributed by atoms with van der Waals surface area (Å²) >= 11 is 0. The van der Waals surface area contributed by atoms with E-state index in [-0.39, 0.29) is 30.3 Å². The number of para-hydroxylation sites is 1. The van der Waals surface area contributed by atoms with Crippen LogP contribution in [-0.4, -0.2) is 60.7 Å². The molecule has 1 fully saturated rings. The van der Waals surface area contributed by atoms with E-state index in [1.54, 1.807) is 0 Å². The minimum absolute atomic E-state index is 0.0163. The number of hydrogen-bond donors (Lipinski definition) is 3. The van der Waals surface area contributed by atoms with Crippen molar-refractivity contribution in [3.63, 3.8) is 0 Å². The van der Waals surface area contributed by atoms with Crippen molar-refractivity contribution in [3.8, 4) is 5.75 Å². The summed E-state index contributed by atoms with van der Waals surface area (Å²) in [7, 11) is 0. The van der Waals surface area contributed by atoms with Crippen LogP contribution in [0.15, 0.2) is 24.3 Å². The second kappa shape index (κ2) is 9.71. The molecule has 7 nitrogen and oxygen atoms in total.